The van der Waals surface area contributed by atoms with Gasteiger partial charge in [0.05, 0.1) is 17.3 Å². The number of carboxylic acid groups (broad SMARTS) is 1. The zero-order chi connectivity index (χ0) is 13.8. The Morgan fingerprint density at radius 3 is 2.61 bits per heavy atom. The maximum atomic E-state index is 11.5. The topological polar surface area (TPSA) is 101 Å². The molecule has 2 N–H and O–H groups in total. The lowest BCUT2D eigenvalue weighted by Crippen LogP contribution is -2.37. The van der Waals surface area contributed by atoms with Gasteiger partial charge in [0.15, 0.2) is 9.84 Å². The Labute approximate surface area is 110 Å². The van der Waals surface area contributed by atoms with E-state index in [-0.39, 0.29) is 29.2 Å². The number of hydrogen-bond donors (Lipinski definition) is 2. The summed E-state index contributed by atoms with van der Waals surface area (Å²) in [7, 11) is -3.01. The second-order valence-electron chi connectivity index (χ2n) is 4.21. The lowest BCUT2D eigenvalue weighted by Gasteiger charge is -2.12. The first-order valence-electron chi connectivity index (χ1n) is 5.68. The van der Waals surface area contributed by atoms with Gasteiger partial charge in [0, 0.05) is 6.04 Å². The smallest absolute Gasteiger partial charge is 0.316 e. The van der Waals surface area contributed by atoms with Gasteiger partial charge < -0.3 is 10.4 Å². The molecule has 1 aliphatic heterocycles. The van der Waals surface area contributed by atoms with Gasteiger partial charge in [-0.2, -0.15) is 0 Å². The van der Waals surface area contributed by atoms with Gasteiger partial charge in [0.1, 0.15) is 5.25 Å². The Bertz CT molecular complexity index is 420. The molecule has 0 aromatic heterocycles. The highest BCUT2D eigenvalue weighted by Gasteiger charge is 2.29. The number of thioether (sulfide) groups is 1. The summed E-state index contributed by atoms with van der Waals surface area (Å²) < 4.78 is 22.4. The fourth-order valence-corrected chi connectivity index (χ4v) is 4.21. The van der Waals surface area contributed by atoms with E-state index in [1.165, 1.54) is 0 Å². The van der Waals surface area contributed by atoms with Crippen LogP contribution in [0, 0.1) is 0 Å². The van der Waals surface area contributed by atoms with E-state index in [1.54, 1.807) is 6.92 Å². The first-order chi connectivity index (χ1) is 8.34. The van der Waals surface area contributed by atoms with E-state index in [4.69, 9.17) is 5.11 Å². The van der Waals surface area contributed by atoms with Crippen molar-refractivity contribution in [2.24, 2.45) is 0 Å². The highest BCUT2D eigenvalue weighted by Crippen LogP contribution is 2.15. The molecule has 2 atom stereocenters. The van der Waals surface area contributed by atoms with Gasteiger partial charge in [0.25, 0.3) is 0 Å². The zero-order valence-electron chi connectivity index (χ0n) is 10.1. The van der Waals surface area contributed by atoms with Crippen molar-refractivity contribution < 1.29 is 23.1 Å². The normalized spacial score (nSPS) is 23.5. The van der Waals surface area contributed by atoms with E-state index >= 15 is 0 Å². The van der Waals surface area contributed by atoms with Crippen LogP contribution in [0.2, 0.25) is 0 Å². The number of aliphatic carboxylic acids is 1. The van der Waals surface area contributed by atoms with Crippen LogP contribution in [0.15, 0.2) is 0 Å². The standard InChI is InChI=1S/C10H17NO5S2/c1-2-8(10(13)14)17-5-9(12)11-7-3-4-18(15,16)6-7/h7-8H,2-6H2,1H3,(H,11,12)(H,13,14). The van der Waals surface area contributed by atoms with Crippen LogP contribution < -0.4 is 5.32 Å². The quantitative estimate of drug-likeness (QED) is 0.709. The number of rotatable bonds is 6. The Balaban J connectivity index is 2.32. The van der Waals surface area contributed by atoms with Crippen molar-refractivity contribution in [3.8, 4) is 0 Å². The number of sulfone groups is 1. The van der Waals surface area contributed by atoms with E-state index in [9.17, 15) is 18.0 Å². The number of carboxylic acids is 1. The molecule has 0 spiro atoms. The molecule has 1 amide bonds. The summed E-state index contributed by atoms with van der Waals surface area (Å²) in [6.07, 6.45) is 0.889. The number of nitrogens with one attached hydrogen (secondary N) is 1. The summed E-state index contributed by atoms with van der Waals surface area (Å²) in [6.45, 7) is 1.74. The largest absolute Gasteiger partial charge is 0.480 e. The van der Waals surface area contributed by atoms with E-state index < -0.39 is 21.1 Å². The fourth-order valence-electron chi connectivity index (χ4n) is 1.72. The molecule has 1 rings (SSSR count). The third kappa shape index (κ3) is 4.85. The molecule has 6 nitrogen and oxygen atoms in total. The van der Waals surface area contributed by atoms with Crippen LogP contribution >= 0.6 is 11.8 Å². The number of hydrogen-bond acceptors (Lipinski definition) is 5. The summed E-state index contributed by atoms with van der Waals surface area (Å²) in [4.78, 5) is 22.3. The first kappa shape index (κ1) is 15.3. The summed E-state index contributed by atoms with van der Waals surface area (Å²) >= 11 is 1.06. The van der Waals surface area contributed by atoms with Crippen molar-refractivity contribution in [2.75, 3.05) is 17.3 Å². The van der Waals surface area contributed by atoms with Crippen LogP contribution in [0.3, 0.4) is 0 Å². The lowest BCUT2D eigenvalue weighted by molar-refractivity contribution is -0.136. The Hall–Kier alpha value is -0.760. The zero-order valence-corrected chi connectivity index (χ0v) is 11.7. The molecule has 0 aromatic carbocycles. The molecule has 104 valence electrons. The number of carbonyl (C=O) groups is 2. The van der Waals surface area contributed by atoms with Crippen molar-refractivity contribution >= 4 is 33.5 Å². The predicted octanol–water partition coefficient (Wildman–Crippen LogP) is -0.114. The molecule has 0 bridgehead atoms. The molecular weight excluding hydrogens is 278 g/mol. The summed E-state index contributed by atoms with van der Waals surface area (Å²) in [5.74, 6) is -1.10. The third-order valence-corrected chi connectivity index (χ3v) is 5.79. The van der Waals surface area contributed by atoms with Gasteiger partial charge in [-0.15, -0.1) is 11.8 Å². The number of amides is 1. The van der Waals surface area contributed by atoms with Gasteiger partial charge in [-0.25, -0.2) is 8.42 Å². The number of carbonyl (C=O) groups excluding carboxylic acids is 1. The van der Waals surface area contributed by atoms with Crippen molar-refractivity contribution in [1.29, 1.82) is 0 Å². The van der Waals surface area contributed by atoms with E-state index in [2.05, 4.69) is 5.32 Å². The van der Waals surface area contributed by atoms with Crippen LogP contribution in [0.4, 0.5) is 0 Å². The van der Waals surface area contributed by atoms with Crippen molar-refractivity contribution in [3.63, 3.8) is 0 Å². The maximum Gasteiger partial charge on any atom is 0.316 e. The molecule has 8 heteroatoms. The van der Waals surface area contributed by atoms with Gasteiger partial charge in [-0.05, 0) is 12.8 Å². The predicted molar refractivity (Wildman–Crippen MR) is 69.4 cm³/mol. The minimum atomic E-state index is -3.01. The maximum absolute atomic E-state index is 11.5. The Morgan fingerprint density at radius 2 is 2.17 bits per heavy atom. The molecular formula is C10H17NO5S2. The molecule has 1 aliphatic rings. The average molecular weight is 295 g/mol. The molecule has 18 heavy (non-hydrogen) atoms. The van der Waals surface area contributed by atoms with Crippen LogP contribution in [0.1, 0.15) is 19.8 Å². The minimum absolute atomic E-state index is 0.0143. The van der Waals surface area contributed by atoms with Gasteiger partial charge in [-0.3, -0.25) is 9.59 Å². The Kier molecular flexibility index (Phi) is 5.46. The van der Waals surface area contributed by atoms with Gasteiger partial charge >= 0.3 is 5.97 Å². The highest BCUT2D eigenvalue weighted by atomic mass is 32.2. The van der Waals surface area contributed by atoms with Crippen LogP contribution in [-0.2, 0) is 19.4 Å². The molecule has 0 radical (unpaired) electrons. The first-order valence-corrected chi connectivity index (χ1v) is 8.55. The summed E-state index contributed by atoms with van der Waals surface area (Å²) in [5.41, 5.74) is 0. The Morgan fingerprint density at radius 1 is 1.50 bits per heavy atom. The van der Waals surface area contributed by atoms with Crippen LogP contribution in [0.25, 0.3) is 0 Å². The monoisotopic (exact) mass is 295 g/mol. The molecule has 0 saturated carbocycles. The molecule has 2 unspecified atom stereocenters. The van der Waals surface area contributed by atoms with Crippen molar-refractivity contribution in [1.82, 2.24) is 5.32 Å². The van der Waals surface area contributed by atoms with Crippen molar-refractivity contribution in [3.05, 3.63) is 0 Å². The van der Waals surface area contributed by atoms with Gasteiger partial charge in [-0.1, -0.05) is 6.92 Å². The SMILES string of the molecule is CCC(SCC(=O)NC1CCS(=O)(=O)C1)C(=O)O. The second kappa shape index (κ2) is 6.42. The third-order valence-electron chi connectivity index (χ3n) is 2.66. The van der Waals surface area contributed by atoms with Crippen LogP contribution in [0.5, 0.6) is 0 Å². The minimum Gasteiger partial charge on any atom is -0.480 e. The van der Waals surface area contributed by atoms with Crippen molar-refractivity contribution in [2.45, 2.75) is 31.1 Å². The second-order valence-corrected chi connectivity index (χ2v) is 7.63. The molecule has 0 aliphatic carbocycles. The highest BCUT2D eigenvalue weighted by molar-refractivity contribution is 8.01. The summed E-state index contributed by atoms with van der Waals surface area (Å²) in [5, 5.41) is 10.8. The molecule has 1 fully saturated rings. The van der Waals surface area contributed by atoms with E-state index in [0.717, 1.165) is 11.8 Å². The lowest BCUT2D eigenvalue weighted by atomic mass is 10.3. The molecule has 1 saturated heterocycles. The fraction of sp³-hybridized carbons (Fsp3) is 0.800. The van der Waals surface area contributed by atoms with Gasteiger partial charge in [0.2, 0.25) is 5.91 Å². The average Bonchev–Trinajstić information content (AvgIpc) is 2.58. The molecule has 0 aromatic rings. The van der Waals surface area contributed by atoms with E-state index in [1.807, 2.05) is 0 Å². The molecule has 1 heterocycles. The summed E-state index contributed by atoms with van der Waals surface area (Å²) in [6, 6.07) is -0.326. The van der Waals surface area contributed by atoms with Crippen LogP contribution in [-0.4, -0.2) is 54.0 Å². The van der Waals surface area contributed by atoms with E-state index in [0.29, 0.717) is 12.8 Å².